The largest absolute Gasteiger partial charge is 0.493 e. The maximum Gasteiger partial charge on any atom is 0.261 e. The van der Waals surface area contributed by atoms with Crippen LogP contribution in [0.25, 0.3) is 5.82 Å². The lowest BCUT2D eigenvalue weighted by Gasteiger charge is -2.13. The summed E-state index contributed by atoms with van der Waals surface area (Å²) < 4.78 is 19.4. The van der Waals surface area contributed by atoms with Gasteiger partial charge in [-0.25, -0.2) is 0 Å². The lowest BCUT2D eigenvalue weighted by molar-refractivity contribution is 0.102. The maximum atomic E-state index is 12.8. The summed E-state index contributed by atoms with van der Waals surface area (Å²) in [7, 11) is 4.96. The Hall–Kier alpha value is -3.26. The molecule has 0 aliphatic rings. The summed E-state index contributed by atoms with van der Waals surface area (Å²) in [5.74, 6) is 1.53. The van der Waals surface area contributed by atoms with Gasteiger partial charge in [-0.3, -0.25) is 9.48 Å². The van der Waals surface area contributed by atoms with Gasteiger partial charge >= 0.3 is 0 Å². The lowest BCUT2D eigenvalue weighted by Crippen LogP contribution is -2.15. The zero-order chi connectivity index (χ0) is 19.2. The third-order valence-electron chi connectivity index (χ3n) is 3.97. The molecule has 2 heterocycles. The van der Waals surface area contributed by atoms with Crippen LogP contribution >= 0.6 is 0 Å². The highest BCUT2D eigenvalue weighted by Gasteiger charge is 2.18. The van der Waals surface area contributed by atoms with Crippen molar-refractivity contribution in [3.8, 4) is 17.3 Å². The number of rotatable bonds is 8. The monoisotopic (exact) mass is 370 g/mol. The Balaban J connectivity index is 1.81. The Labute approximate surface area is 157 Å². The zero-order valence-electron chi connectivity index (χ0n) is 15.5. The van der Waals surface area contributed by atoms with E-state index in [1.807, 2.05) is 29.1 Å². The van der Waals surface area contributed by atoms with E-state index < -0.39 is 0 Å². The Morgan fingerprint density at radius 1 is 1.15 bits per heavy atom. The first-order chi connectivity index (χ1) is 13.1. The van der Waals surface area contributed by atoms with Gasteiger partial charge in [0.2, 0.25) is 0 Å². The molecule has 0 aliphatic heterocycles. The highest BCUT2D eigenvalue weighted by atomic mass is 16.5. The van der Waals surface area contributed by atoms with Crippen LogP contribution in [0.15, 0.2) is 48.9 Å². The first-order valence-electron chi connectivity index (χ1n) is 8.40. The Bertz CT molecular complexity index is 903. The molecule has 0 saturated heterocycles. The van der Waals surface area contributed by atoms with E-state index in [4.69, 9.17) is 14.2 Å². The number of hydrogen-bond donors (Lipinski definition) is 1. The van der Waals surface area contributed by atoms with Crippen LogP contribution in [0.5, 0.6) is 11.5 Å². The number of benzene rings is 1. The Morgan fingerprint density at radius 2 is 1.93 bits per heavy atom. The molecule has 0 unspecified atom stereocenters. The van der Waals surface area contributed by atoms with Crippen molar-refractivity contribution in [3.63, 3.8) is 0 Å². The SMILES string of the molecule is COCCOc1cc(NC(=O)c2cnn(C)c2-n2cccc2)ccc1OC. The van der Waals surface area contributed by atoms with Crippen molar-refractivity contribution >= 4 is 11.6 Å². The summed E-state index contributed by atoms with van der Waals surface area (Å²) in [6, 6.07) is 9.00. The highest BCUT2D eigenvalue weighted by molar-refractivity contribution is 6.06. The summed E-state index contributed by atoms with van der Waals surface area (Å²) in [6.45, 7) is 0.834. The molecular weight excluding hydrogens is 348 g/mol. The summed E-state index contributed by atoms with van der Waals surface area (Å²) in [6.07, 6.45) is 5.27. The van der Waals surface area contributed by atoms with Crippen LogP contribution in [0.4, 0.5) is 5.69 Å². The van der Waals surface area contributed by atoms with E-state index in [2.05, 4.69) is 10.4 Å². The fourth-order valence-corrected chi connectivity index (χ4v) is 2.67. The molecule has 27 heavy (non-hydrogen) atoms. The first-order valence-corrected chi connectivity index (χ1v) is 8.40. The van der Waals surface area contributed by atoms with Gasteiger partial charge < -0.3 is 24.1 Å². The van der Waals surface area contributed by atoms with E-state index >= 15 is 0 Å². The molecule has 1 aromatic carbocycles. The van der Waals surface area contributed by atoms with Gasteiger partial charge in [-0.05, 0) is 24.3 Å². The van der Waals surface area contributed by atoms with E-state index in [0.29, 0.717) is 41.8 Å². The van der Waals surface area contributed by atoms with Crippen LogP contribution in [0.1, 0.15) is 10.4 Å². The smallest absolute Gasteiger partial charge is 0.261 e. The molecule has 0 radical (unpaired) electrons. The predicted octanol–water partition coefficient (Wildman–Crippen LogP) is 2.50. The van der Waals surface area contributed by atoms with Gasteiger partial charge in [0, 0.05) is 38.3 Å². The summed E-state index contributed by atoms with van der Waals surface area (Å²) in [5, 5.41) is 7.09. The zero-order valence-corrected chi connectivity index (χ0v) is 15.5. The fraction of sp³-hybridized carbons (Fsp3) is 0.263. The maximum absolute atomic E-state index is 12.8. The fourth-order valence-electron chi connectivity index (χ4n) is 2.67. The number of amides is 1. The van der Waals surface area contributed by atoms with E-state index in [9.17, 15) is 4.79 Å². The summed E-state index contributed by atoms with van der Waals surface area (Å²) in [4.78, 5) is 12.8. The molecule has 0 aliphatic carbocycles. The molecule has 0 atom stereocenters. The number of nitrogens with one attached hydrogen (secondary N) is 1. The van der Waals surface area contributed by atoms with Crippen LogP contribution in [0, 0.1) is 0 Å². The van der Waals surface area contributed by atoms with E-state index in [0.717, 1.165) is 0 Å². The number of aryl methyl sites for hydroxylation is 1. The molecule has 1 amide bonds. The van der Waals surface area contributed by atoms with Crippen molar-refractivity contribution in [2.75, 3.05) is 32.8 Å². The molecule has 142 valence electrons. The third-order valence-corrected chi connectivity index (χ3v) is 3.97. The number of carbonyl (C=O) groups is 1. The van der Waals surface area contributed by atoms with Gasteiger partial charge in [-0.2, -0.15) is 5.10 Å². The number of nitrogens with zero attached hydrogens (tertiary/aromatic N) is 3. The van der Waals surface area contributed by atoms with Gasteiger partial charge in [0.1, 0.15) is 18.0 Å². The molecule has 0 fully saturated rings. The minimum atomic E-state index is -0.264. The highest BCUT2D eigenvalue weighted by Crippen LogP contribution is 2.30. The number of ether oxygens (including phenoxy) is 3. The topological polar surface area (TPSA) is 79.5 Å². The average molecular weight is 370 g/mol. The second-order valence-corrected chi connectivity index (χ2v) is 5.76. The van der Waals surface area contributed by atoms with Crippen LogP contribution in [0.3, 0.4) is 0 Å². The van der Waals surface area contributed by atoms with E-state index in [1.165, 1.54) is 0 Å². The van der Waals surface area contributed by atoms with Crippen molar-refractivity contribution in [1.29, 1.82) is 0 Å². The minimum absolute atomic E-state index is 0.264. The van der Waals surface area contributed by atoms with Crippen molar-refractivity contribution in [2.45, 2.75) is 0 Å². The molecule has 8 heteroatoms. The number of aromatic nitrogens is 3. The summed E-state index contributed by atoms with van der Waals surface area (Å²) >= 11 is 0. The second-order valence-electron chi connectivity index (χ2n) is 5.76. The molecule has 8 nitrogen and oxygen atoms in total. The van der Waals surface area contributed by atoms with Crippen molar-refractivity contribution < 1.29 is 19.0 Å². The predicted molar refractivity (Wildman–Crippen MR) is 101 cm³/mol. The number of carbonyl (C=O) groups excluding carboxylic acids is 1. The second kappa shape index (κ2) is 8.41. The van der Waals surface area contributed by atoms with Crippen LogP contribution in [-0.4, -0.2) is 47.7 Å². The van der Waals surface area contributed by atoms with Crippen LogP contribution in [-0.2, 0) is 11.8 Å². The Kier molecular flexibility index (Phi) is 5.77. The average Bonchev–Trinajstić information content (AvgIpc) is 3.31. The normalized spacial score (nSPS) is 10.6. The molecule has 0 saturated carbocycles. The molecule has 3 rings (SSSR count). The molecule has 3 aromatic rings. The molecule has 2 aromatic heterocycles. The van der Waals surface area contributed by atoms with Crippen LogP contribution < -0.4 is 14.8 Å². The van der Waals surface area contributed by atoms with Gasteiger partial charge in [0.25, 0.3) is 5.91 Å². The molecule has 1 N–H and O–H groups in total. The van der Waals surface area contributed by atoms with Crippen molar-refractivity contribution in [1.82, 2.24) is 14.3 Å². The van der Waals surface area contributed by atoms with Gasteiger partial charge in [0.15, 0.2) is 11.5 Å². The first kappa shape index (κ1) is 18.5. The van der Waals surface area contributed by atoms with Gasteiger partial charge in [-0.15, -0.1) is 0 Å². The van der Waals surface area contributed by atoms with E-state index in [1.54, 1.807) is 50.3 Å². The van der Waals surface area contributed by atoms with E-state index in [-0.39, 0.29) is 5.91 Å². The lowest BCUT2D eigenvalue weighted by atomic mass is 10.2. The summed E-state index contributed by atoms with van der Waals surface area (Å²) in [5.41, 5.74) is 1.06. The quantitative estimate of drug-likeness (QED) is 0.616. The van der Waals surface area contributed by atoms with Gasteiger partial charge in [-0.1, -0.05) is 0 Å². The number of hydrogen-bond acceptors (Lipinski definition) is 5. The van der Waals surface area contributed by atoms with Crippen LogP contribution in [0.2, 0.25) is 0 Å². The van der Waals surface area contributed by atoms with Crippen molar-refractivity contribution in [3.05, 3.63) is 54.5 Å². The number of methoxy groups -OCH3 is 2. The van der Waals surface area contributed by atoms with Gasteiger partial charge in [0.05, 0.1) is 19.9 Å². The minimum Gasteiger partial charge on any atom is -0.493 e. The number of anilines is 1. The standard InChI is InChI=1S/C19H22N4O4/c1-22-19(23-8-4-5-9-23)15(13-20-22)18(24)21-14-6-7-16(26-3)17(12-14)27-11-10-25-2/h4-9,12-13H,10-11H2,1-3H3,(H,21,24). The molecular formula is C19H22N4O4. The van der Waals surface area contributed by atoms with Crippen molar-refractivity contribution in [2.24, 2.45) is 7.05 Å². The molecule has 0 spiro atoms. The Morgan fingerprint density at radius 3 is 2.63 bits per heavy atom. The molecule has 0 bridgehead atoms. The third kappa shape index (κ3) is 4.12.